The number of halogens is 2. The summed E-state index contributed by atoms with van der Waals surface area (Å²) in [5.41, 5.74) is 0.347. The van der Waals surface area contributed by atoms with Crippen molar-refractivity contribution in [2.75, 3.05) is 6.54 Å². The molecule has 0 spiro atoms. The first-order valence-corrected chi connectivity index (χ1v) is 7.13. The zero-order valence-corrected chi connectivity index (χ0v) is 13.1. The summed E-state index contributed by atoms with van der Waals surface area (Å²) in [5, 5.41) is 11.8. The molecule has 2 N–H and O–H groups in total. The number of benzene rings is 1. The highest BCUT2D eigenvalue weighted by atomic mass is 79.9. The Bertz CT molecular complexity index is 687. The Kier molecular flexibility index (Phi) is 4.98. The highest BCUT2D eigenvalue weighted by Crippen LogP contribution is 2.25. The van der Waals surface area contributed by atoms with Crippen molar-refractivity contribution in [1.29, 1.82) is 0 Å². The van der Waals surface area contributed by atoms with Gasteiger partial charge in [-0.05, 0) is 28.1 Å². The van der Waals surface area contributed by atoms with Gasteiger partial charge in [0.05, 0.1) is 16.9 Å². The largest absolute Gasteiger partial charge is 0.476 e. The number of aromatic carboxylic acids is 1. The molecule has 0 bridgehead atoms. The number of carboxylic acids is 1. The van der Waals surface area contributed by atoms with Crippen LogP contribution in [-0.2, 0) is 6.54 Å². The quantitative estimate of drug-likeness (QED) is 0.844. The maximum atomic E-state index is 12.0. The van der Waals surface area contributed by atoms with E-state index in [4.69, 9.17) is 16.7 Å². The molecular formula is C13H11BrClN3O3. The molecule has 0 atom stereocenters. The average Bonchev–Trinajstić information content (AvgIpc) is 2.91. The smallest absolute Gasteiger partial charge is 0.356 e. The zero-order valence-electron chi connectivity index (χ0n) is 10.7. The van der Waals surface area contributed by atoms with Crippen LogP contribution in [0.25, 0.3) is 0 Å². The molecule has 1 heterocycles. The van der Waals surface area contributed by atoms with E-state index in [0.717, 1.165) is 0 Å². The second-order valence-corrected chi connectivity index (χ2v) is 5.39. The number of carbonyl (C=O) groups is 2. The molecule has 6 nitrogen and oxygen atoms in total. The molecule has 0 unspecified atom stereocenters. The summed E-state index contributed by atoms with van der Waals surface area (Å²) in [7, 11) is 0. The molecule has 0 aliphatic carbocycles. The average molecular weight is 373 g/mol. The third-order valence-corrected chi connectivity index (χ3v) is 4.00. The minimum Gasteiger partial charge on any atom is -0.476 e. The van der Waals surface area contributed by atoms with Crippen LogP contribution in [0.3, 0.4) is 0 Å². The van der Waals surface area contributed by atoms with E-state index >= 15 is 0 Å². The molecule has 21 heavy (non-hydrogen) atoms. The molecule has 0 saturated carbocycles. The van der Waals surface area contributed by atoms with Crippen LogP contribution in [0.2, 0.25) is 5.02 Å². The highest BCUT2D eigenvalue weighted by molar-refractivity contribution is 9.10. The molecular weight excluding hydrogens is 362 g/mol. The van der Waals surface area contributed by atoms with Crippen molar-refractivity contribution in [3.8, 4) is 0 Å². The molecule has 0 fully saturated rings. The minimum absolute atomic E-state index is 0.0311. The second-order valence-electron chi connectivity index (χ2n) is 4.16. The van der Waals surface area contributed by atoms with Gasteiger partial charge < -0.3 is 15.0 Å². The fourth-order valence-corrected chi connectivity index (χ4v) is 2.24. The molecule has 0 radical (unpaired) electrons. The van der Waals surface area contributed by atoms with E-state index in [2.05, 4.69) is 26.2 Å². The molecule has 1 aromatic heterocycles. The summed E-state index contributed by atoms with van der Waals surface area (Å²) in [5.74, 6) is -1.38. The van der Waals surface area contributed by atoms with Crippen molar-refractivity contribution in [2.24, 2.45) is 0 Å². The number of carboxylic acid groups (broad SMARTS) is 1. The van der Waals surface area contributed by atoms with Crippen LogP contribution in [0.5, 0.6) is 0 Å². The van der Waals surface area contributed by atoms with Gasteiger partial charge in [-0.3, -0.25) is 4.79 Å². The summed E-state index contributed by atoms with van der Waals surface area (Å²) >= 11 is 9.29. The SMILES string of the molecule is O=C(O)c1cn(CCNC(=O)c2cccc(Br)c2Cl)cn1. The number of amides is 1. The van der Waals surface area contributed by atoms with Crippen molar-refractivity contribution in [3.63, 3.8) is 0 Å². The summed E-state index contributed by atoms with van der Waals surface area (Å²) in [6.07, 6.45) is 2.81. The van der Waals surface area contributed by atoms with Gasteiger partial charge in [0.15, 0.2) is 5.69 Å². The number of hydrogen-bond donors (Lipinski definition) is 2. The normalized spacial score (nSPS) is 10.4. The van der Waals surface area contributed by atoms with Gasteiger partial charge >= 0.3 is 5.97 Å². The summed E-state index contributed by atoms with van der Waals surface area (Å²) in [4.78, 5) is 26.4. The maximum absolute atomic E-state index is 12.0. The topological polar surface area (TPSA) is 84.2 Å². The number of carbonyl (C=O) groups excluding carboxylic acids is 1. The minimum atomic E-state index is -1.08. The first kappa shape index (κ1) is 15.5. The van der Waals surface area contributed by atoms with Crippen LogP contribution >= 0.6 is 27.5 Å². The number of hydrogen-bond acceptors (Lipinski definition) is 3. The number of nitrogens with one attached hydrogen (secondary N) is 1. The van der Waals surface area contributed by atoms with Gasteiger partial charge in [-0.2, -0.15) is 0 Å². The molecule has 1 amide bonds. The second kappa shape index (κ2) is 6.73. The lowest BCUT2D eigenvalue weighted by atomic mass is 10.2. The Morgan fingerprint density at radius 3 is 2.86 bits per heavy atom. The molecule has 110 valence electrons. The Balaban J connectivity index is 1.92. The first-order valence-electron chi connectivity index (χ1n) is 5.96. The van der Waals surface area contributed by atoms with Crippen LogP contribution in [0.1, 0.15) is 20.8 Å². The standard InChI is InChI=1S/C13H11BrClN3O3/c14-9-3-1-2-8(11(9)15)12(19)16-4-5-18-6-10(13(20)21)17-7-18/h1-3,6-7H,4-5H2,(H,16,19)(H,20,21). The van der Waals surface area contributed by atoms with E-state index in [9.17, 15) is 9.59 Å². The molecule has 1 aromatic carbocycles. The van der Waals surface area contributed by atoms with Gasteiger partial charge in [-0.25, -0.2) is 9.78 Å². The summed E-state index contributed by atoms with van der Waals surface area (Å²) < 4.78 is 2.24. The first-order chi connectivity index (χ1) is 9.99. The number of rotatable bonds is 5. The van der Waals surface area contributed by atoms with Crippen LogP contribution in [0.15, 0.2) is 35.2 Å². The number of nitrogens with zero attached hydrogens (tertiary/aromatic N) is 2. The van der Waals surface area contributed by atoms with Crippen LogP contribution in [0.4, 0.5) is 0 Å². The van der Waals surface area contributed by atoms with Gasteiger partial charge in [0.2, 0.25) is 0 Å². The third kappa shape index (κ3) is 3.83. The van der Waals surface area contributed by atoms with Gasteiger partial charge in [0.1, 0.15) is 0 Å². The molecule has 2 rings (SSSR count). The van der Waals surface area contributed by atoms with Gasteiger partial charge in [-0.15, -0.1) is 0 Å². The van der Waals surface area contributed by atoms with E-state index in [-0.39, 0.29) is 11.6 Å². The predicted molar refractivity (Wildman–Crippen MR) is 80.7 cm³/mol. The van der Waals surface area contributed by atoms with Crippen LogP contribution in [0, 0.1) is 0 Å². The van der Waals surface area contributed by atoms with Crippen molar-refractivity contribution in [1.82, 2.24) is 14.9 Å². The van der Waals surface area contributed by atoms with E-state index in [1.54, 1.807) is 22.8 Å². The van der Waals surface area contributed by atoms with E-state index in [1.807, 2.05) is 0 Å². The van der Waals surface area contributed by atoms with Gasteiger partial charge in [0, 0.05) is 23.8 Å². The lowest BCUT2D eigenvalue weighted by Crippen LogP contribution is -2.27. The van der Waals surface area contributed by atoms with Crippen molar-refractivity contribution in [3.05, 3.63) is 51.5 Å². The van der Waals surface area contributed by atoms with Crippen molar-refractivity contribution >= 4 is 39.4 Å². The molecule has 0 saturated heterocycles. The predicted octanol–water partition coefficient (Wildman–Crippen LogP) is 2.43. The lowest BCUT2D eigenvalue weighted by Gasteiger charge is -2.08. The van der Waals surface area contributed by atoms with E-state index < -0.39 is 5.97 Å². The van der Waals surface area contributed by atoms with Gasteiger partial charge in [0.25, 0.3) is 5.91 Å². The molecule has 0 aliphatic heterocycles. The Morgan fingerprint density at radius 2 is 2.19 bits per heavy atom. The van der Waals surface area contributed by atoms with Crippen molar-refractivity contribution in [2.45, 2.75) is 6.54 Å². The lowest BCUT2D eigenvalue weighted by molar-refractivity contribution is 0.0690. The van der Waals surface area contributed by atoms with Gasteiger partial charge in [-0.1, -0.05) is 17.7 Å². The Labute approximate surface area is 133 Å². The molecule has 0 aliphatic rings. The summed E-state index contributed by atoms with van der Waals surface area (Å²) in [6.45, 7) is 0.745. The Hall–Kier alpha value is -1.86. The molecule has 8 heteroatoms. The van der Waals surface area contributed by atoms with E-state index in [1.165, 1.54) is 12.5 Å². The number of imidazole rings is 1. The van der Waals surface area contributed by atoms with E-state index in [0.29, 0.717) is 28.1 Å². The maximum Gasteiger partial charge on any atom is 0.356 e. The zero-order chi connectivity index (χ0) is 15.4. The highest BCUT2D eigenvalue weighted by Gasteiger charge is 2.12. The van der Waals surface area contributed by atoms with Crippen LogP contribution in [-0.4, -0.2) is 33.1 Å². The third-order valence-electron chi connectivity index (χ3n) is 2.70. The Morgan fingerprint density at radius 1 is 1.43 bits per heavy atom. The fourth-order valence-electron chi connectivity index (χ4n) is 1.67. The monoisotopic (exact) mass is 371 g/mol. The summed E-state index contributed by atoms with van der Waals surface area (Å²) in [6, 6.07) is 5.10. The fraction of sp³-hybridized carbons (Fsp3) is 0.154. The van der Waals surface area contributed by atoms with Crippen molar-refractivity contribution < 1.29 is 14.7 Å². The van der Waals surface area contributed by atoms with Crippen LogP contribution < -0.4 is 5.32 Å². The number of aromatic nitrogens is 2. The molecule has 2 aromatic rings.